The fourth-order valence-electron chi connectivity index (χ4n) is 2.87. The van der Waals surface area contributed by atoms with E-state index in [1.165, 1.54) is 0 Å². The average molecular weight is 377 g/mol. The second kappa shape index (κ2) is 9.67. The third kappa shape index (κ3) is 5.78. The number of nitrogens with zero attached hydrogens (tertiary/aromatic N) is 1. The number of nitrogens with one attached hydrogen (secondary N) is 1. The van der Waals surface area contributed by atoms with Crippen LogP contribution in [0.4, 0.5) is 17.6 Å². The summed E-state index contributed by atoms with van der Waals surface area (Å²) in [5, 5.41) is 3.18. The summed E-state index contributed by atoms with van der Waals surface area (Å²) in [5.74, 6) is -0.616. The minimum Gasteiger partial charge on any atom is -0.314 e. The van der Waals surface area contributed by atoms with Gasteiger partial charge in [0.1, 0.15) is 5.82 Å². The molecular weight excluding hydrogens is 355 g/mol. The van der Waals surface area contributed by atoms with Gasteiger partial charge in [-0.05, 0) is 30.2 Å². The van der Waals surface area contributed by atoms with Gasteiger partial charge in [-0.15, -0.1) is 24.8 Å². The molecule has 0 aliphatic carbocycles. The summed E-state index contributed by atoms with van der Waals surface area (Å²) in [6.07, 6.45) is -3.11. The molecule has 0 bridgehead atoms. The normalized spacial score (nSPS) is 17.1. The van der Waals surface area contributed by atoms with Crippen molar-refractivity contribution in [3.63, 3.8) is 0 Å². The van der Waals surface area contributed by atoms with Crippen LogP contribution in [0, 0.1) is 5.82 Å². The van der Waals surface area contributed by atoms with Crippen LogP contribution in [-0.4, -0.2) is 31.1 Å². The van der Waals surface area contributed by atoms with Gasteiger partial charge in [-0.1, -0.05) is 13.3 Å². The van der Waals surface area contributed by atoms with Gasteiger partial charge < -0.3 is 5.32 Å². The first kappa shape index (κ1) is 22.4. The van der Waals surface area contributed by atoms with E-state index >= 15 is 0 Å². The molecule has 1 fully saturated rings. The lowest BCUT2D eigenvalue weighted by Crippen LogP contribution is -2.45. The average Bonchev–Trinajstić information content (AvgIpc) is 2.44. The first-order valence-electron chi connectivity index (χ1n) is 7.25. The highest BCUT2D eigenvalue weighted by Crippen LogP contribution is 2.38. The van der Waals surface area contributed by atoms with Crippen molar-refractivity contribution < 1.29 is 17.6 Å². The highest BCUT2D eigenvalue weighted by Gasteiger charge is 2.36. The van der Waals surface area contributed by atoms with Crippen LogP contribution in [0.3, 0.4) is 0 Å². The summed E-state index contributed by atoms with van der Waals surface area (Å²) < 4.78 is 53.1. The maximum absolute atomic E-state index is 13.5. The molecule has 1 heterocycles. The predicted molar refractivity (Wildman–Crippen MR) is 88.0 cm³/mol. The summed E-state index contributed by atoms with van der Waals surface area (Å²) >= 11 is 0. The Morgan fingerprint density at radius 3 is 2.30 bits per heavy atom. The van der Waals surface area contributed by atoms with Gasteiger partial charge in [0.05, 0.1) is 5.56 Å². The van der Waals surface area contributed by atoms with E-state index in [0.29, 0.717) is 19.5 Å². The van der Waals surface area contributed by atoms with Crippen molar-refractivity contribution in [2.24, 2.45) is 0 Å². The van der Waals surface area contributed by atoms with Crippen LogP contribution in [0.5, 0.6) is 0 Å². The Morgan fingerprint density at radius 1 is 1.17 bits per heavy atom. The van der Waals surface area contributed by atoms with Crippen LogP contribution in [-0.2, 0) is 6.18 Å². The Bertz CT molecular complexity index is 477. The molecule has 0 saturated carbocycles. The molecule has 0 aromatic heterocycles. The quantitative estimate of drug-likeness (QED) is 0.781. The number of hydrogen-bond donors (Lipinski definition) is 1. The maximum atomic E-state index is 13.5. The molecule has 0 amide bonds. The first-order valence-corrected chi connectivity index (χ1v) is 7.25. The summed E-state index contributed by atoms with van der Waals surface area (Å²) in [7, 11) is 0. The van der Waals surface area contributed by atoms with Crippen LogP contribution in [0.25, 0.3) is 0 Å². The molecule has 8 heteroatoms. The smallest absolute Gasteiger partial charge is 0.314 e. The zero-order valence-electron chi connectivity index (χ0n) is 12.8. The molecule has 1 aliphatic heterocycles. The highest BCUT2D eigenvalue weighted by atomic mass is 35.5. The topological polar surface area (TPSA) is 15.3 Å². The number of hydrogen-bond acceptors (Lipinski definition) is 2. The van der Waals surface area contributed by atoms with Gasteiger partial charge in [-0.3, -0.25) is 4.90 Å². The third-order valence-electron chi connectivity index (χ3n) is 3.83. The van der Waals surface area contributed by atoms with E-state index in [2.05, 4.69) is 5.32 Å². The predicted octanol–water partition coefficient (Wildman–Crippen LogP) is 4.43. The standard InChI is InChI=1S/C15H20F4N2.2ClH/c1-2-3-14(21-8-6-20-7-9-21)12-10-11(16)4-5-13(12)15(17,18)19;;/h4-5,10,14,20H,2-3,6-9H2,1H3;2*1H/t14-;;/m1../s1. The third-order valence-corrected chi connectivity index (χ3v) is 3.83. The second-order valence-corrected chi connectivity index (χ2v) is 5.32. The van der Waals surface area contributed by atoms with Gasteiger partial charge in [-0.25, -0.2) is 4.39 Å². The van der Waals surface area contributed by atoms with Crippen molar-refractivity contribution in [2.45, 2.75) is 32.0 Å². The minimum atomic E-state index is -4.46. The van der Waals surface area contributed by atoms with Crippen LogP contribution in [0.15, 0.2) is 18.2 Å². The summed E-state index contributed by atoms with van der Waals surface area (Å²) in [5.41, 5.74) is -0.660. The summed E-state index contributed by atoms with van der Waals surface area (Å²) in [6.45, 7) is 4.78. The molecule has 2 rings (SSSR count). The molecule has 1 aromatic rings. The van der Waals surface area contributed by atoms with E-state index < -0.39 is 17.6 Å². The molecule has 0 unspecified atom stereocenters. The van der Waals surface area contributed by atoms with Crippen LogP contribution in [0.2, 0.25) is 0 Å². The number of alkyl halides is 3. The molecule has 23 heavy (non-hydrogen) atoms. The van der Waals surface area contributed by atoms with Crippen LogP contribution < -0.4 is 5.32 Å². The van der Waals surface area contributed by atoms with Crippen molar-refractivity contribution in [1.29, 1.82) is 0 Å². The van der Waals surface area contributed by atoms with Gasteiger partial charge in [0.15, 0.2) is 0 Å². The van der Waals surface area contributed by atoms with Gasteiger partial charge in [0.2, 0.25) is 0 Å². The van der Waals surface area contributed by atoms with Crippen LogP contribution >= 0.6 is 24.8 Å². The Kier molecular flexibility index (Phi) is 9.43. The number of benzene rings is 1. The monoisotopic (exact) mass is 376 g/mol. The minimum absolute atomic E-state index is 0. The molecule has 1 atom stereocenters. The van der Waals surface area contributed by atoms with Crippen molar-refractivity contribution in [3.05, 3.63) is 35.1 Å². The number of piperazine rings is 1. The Morgan fingerprint density at radius 2 is 1.78 bits per heavy atom. The molecule has 0 spiro atoms. The second-order valence-electron chi connectivity index (χ2n) is 5.32. The van der Waals surface area contributed by atoms with Crippen molar-refractivity contribution >= 4 is 24.8 Å². The van der Waals surface area contributed by atoms with Crippen molar-refractivity contribution in [2.75, 3.05) is 26.2 Å². The van der Waals surface area contributed by atoms with E-state index in [1.807, 2.05) is 11.8 Å². The van der Waals surface area contributed by atoms with E-state index in [9.17, 15) is 17.6 Å². The van der Waals surface area contributed by atoms with E-state index in [0.717, 1.165) is 37.7 Å². The lowest BCUT2D eigenvalue weighted by atomic mass is 9.94. The van der Waals surface area contributed by atoms with Gasteiger partial charge in [-0.2, -0.15) is 13.2 Å². The Labute approximate surface area is 146 Å². The van der Waals surface area contributed by atoms with E-state index in [-0.39, 0.29) is 36.4 Å². The molecule has 1 aromatic carbocycles. The molecular formula is C15H22Cl2F4N2. The zero-order valence-corrected chi connectivity index (χ0v) is 14.5. The van der Waals surface area contributed by atoms with E-state index in [1.54, 1.807) is 0 Å². The van der Waals surface area contributed by atoms with Crippen molar-refractivity contribution in [3.8, 4) is 0 Å². The molecule has 2 nitrogen and oxygen atoms in total. The molecule has 0 radical (unpaired) electrons. The highest BCUT2D eigenvalue weighted by molar-refractivity contribution is 5.85. The Balaban J connectivity index is 0.00000242. The van der Waals surface area contributed by atoms with Crippen LogP contribution in [0.1, 0.15) is 36.9 Å². The lowest BCUT2D eigenvalue weighted by Gasteiger charge is -2.36. The SMILES string of the molecule is CCC[C@H](c1cc(F)ccc1C(F)(F)F)N1CCNCC1.Cl.Cl. The first-order chi connectivity index (χ1) is 9.93. The number of halogens is 6. The fraction of sp³-hybridized carbons (Fsp3) is 0.600. The largest absolute Gasteiger partial charge is 0.416 e. The number of rotatable bonds is 4. The van der Waals surface area contributed by atoms with Gasteiger partial charge in [0, 0.05) is 32.2 Å². The summed E-state index contributed by atoms with van der Waals surface area (Å²) in [4.78, 5) is 2.02. The fourth-order valence-corrected chi connectivity index (χ4v) is 2.87. The molecule has 1 aliphatic rings. The van der Waals surface area contributed by atoms with Gasteiger partial charge >= 0.3 is 6.18 Å². The summed E-state index contributed by atoms with van der Waals surface area (Å²) in [6, 6.07) is 2.40. The molecule has 1 saturated heterocycles. The molecule has 1 N–H and O–H groups in total. The zero-order chi connectivity index (χ0) is 15.5. The molecule has 134 valence electrons. The van der Waals surface area contributed by atoms with E-state index in [4.69, 9.17) is 0 Å². The maximum Gasteiger partial charge on any atom is 0.416 e. The van der Waals surface area contributed by atoms with Gasteiger partial charge in [0.25, 0.3) is 0 Å². The lowest BCUT2D eigenvalue weighted by molar-refractivity contribution is -0.138. The Hall–Kier alpha value is -0.560. The van der Waals surface area contributed by atoms with Crippen molar-refractivity contribution in [1.82, 2.24) is 10.2 Å².